The summed E-state index contributed by atoms with van der Waals surface area (Å²) in [6.07, 6.45) is 0. The number of amides is 1. The molecule has 1 saturated heterocycles. The second kappa shape index (κ2) is 4.70. The summed E-state index contributed by atoms with van der Waals surface area (Å²) in [6.45, 7) is 3.31. The van der Waals surface area contributed by atoms with Gasteiger partial charge in [0, 0.05) is 45.0 Å². The Morgan fingerprint density at radius 1 is 1.32 bits per heavy atom. The first-order chi connectivity index (χ1) is 9.16. The highest BCUT2D eigenvalue weighted by atomic mass is 19.1. The minimum absolute atomic E-state index is 0.104. The van der Waals surface area contributed by atoms with Gasteiger partial charge in [-0.05, 0) is 6.07 Å². The number of hydrogen-bond donors (Lipinski definition) is 1. The monoisotopic (exact) mass is 265 g/mol. The fourth-order valence-corrected chi connectivity index (χ4v) is 2.43. The fraction of sp³-hybridized carbons (Fsp3) is 0.462. The lowest BCUT2D eigenvalue weighted by molar-refractivity contribution is -0.121. The number of ether oxygens (including phenoxy) is 1. The number of piperazine rings is 1. The molecule has 5 nitrogen and oxygen atoms in total. The number of nitrogens with zero attached hydrogens (tertiary/aromatic N) is 2. The molecule has 0 aliphatic carbocycles. The Bertz CT molecular complexity index is 515. The molecule has 1 aromatic rings. The predicted molar refractivity (Wildman–Crippen MR) is 70.4 cm³/mol. The van der Waals surface area contributed by atoms with Gasteiger partial charge < -0.3 is 19.9 Å². The number of nitrogens with one attached hydrogen (secondary N) is 1. The number of likely N-dealkylation sites (N-methyl/N-ethyl adjacent to an activating group) is 1. The third-order valence-electron chi connectivity index (χ3n) is 3.57. The van der Waals surface area contributed by atoms with Crippen LogP contribution in [0.15, 0.2) is 12.1 Å². The summed E-state index contributed by atoms with van der Waals surface area (Å²) in [5.41, 5.74) is 1.30. The van der Waals surface area contributed by atoms with E-state index in [1.165, 1.54) is 11.0 Å². The second-order valence-corrected chi connectivity index (χ2v) is 4.75. The summed E-state index contributed by atoms with van der Waals surface area (Å²) >= 11 is 0. The third kappa shape index (κ3) is 2.12. The van der Waals surface area contributed by atoms with E-state index in [0.717, 1.165) is 31.9 Å². The van der Waals surface area contributed by atoms with E-state index < -0.39 is 5.82 Å². The Hall–Kier alpha value is -1.82. The van der Waals surface area contributed by atoms with Gasteiger partial charge in [0.05, 0.1) is 5.69 Å². The quantitative estimate of drug-likeness (QED) is 0.807. The maximum absolute atomic E-state index is 14.1. The van der Waals surface area contributed by atoms with Crippen LogP contribution in [0.3, 0.4) is 0 Å². The van der Waals surface area contributed by atoms with E-state index in [9.17, 15) is 9.18 Å². The summed E-state index contributed by atoms with van der Waals surface area (Å²) in [4.78, 5) is 15.2. The number of rotatable bonds is 1. The van der Waals surface area contributed by atoms with Crippen molar-refractivity contribution in [1.29, 1.82) is 0 Å². The van der Waals surface area contributed by atoms with Gasteiger partial charge in [0.1, 0.15) is 0 Å². The zero-order valence-electron chi connectivity index (χ0n) is 10.8. The average molecular weight is 265 g/mol. The summed E-state index contributed by atoms with van der Waals surface area (Å²) in [5.74, 6) is -0.407. The van der Waals surface area contributed by atoms with Gasteiger partial charge in [-0.3, -0.25) is 4.79 Å². The van der Waals surface area contributed by atoms with E-state index in [0.29, 0.717) is 5.69 Å². The van der Waals surface area contributed by atoms with Crippen LogP contribution in [0.2, 0.25) is 0 Å². The fourth-order valence-electron chi connectivity index (χ4n) is 2.43. The SMILES string of the molecule is CN1C(=O)COc2c(F)cc(N3CCNCC3)cc21. The normalized spacial score (nSPS) is 19.2. The van der Waals surface area contributed by atoms with Crippen LogP contribution in [-0.4, -0.2) is 45.7 Å². The molecule has 0 bridgehead atoms. The second-order valence-electron chi connectivity index (χ2n) is 4.75. The first-order valence-corrected chi connectivity index (χ1v) is 6.35. The minimum Gasteiger partial charge on any atom is -0.478 e. The van der Waals surface area contributed by atoms with Gasteiger partial charge in [0.25, 0.3) is 5.91 Å². The largest absolute Gasteiger partial charge is 0.478 e. The van der Waals surface area contributed by atoms with E-state index in [-0.39, 0.29) is 18.3 Å². The average Bonchev–Trinajstić information content (AvgIpc) is 2.44. The highest BCUT2D eigenvalue weighted by Crippen LogP contribution is 2.37. The van der Waals surface area contributed by atoms with Crippen LogP contribution in [0.1, 0.15) is 0 Å². The first kappa shape index (κ1) is 12.2. The molecule has 3 rings (SSSR count). The van der Waals surface area contributed by atoms with Crippen molar-refractivity contribution in [3.05, 3.63) is 17.9 Å². The molecule has 1 aromatic carbocycles. The molecule has 0 unspecified atom stereocenters. The zero-order valence-corrected chi connectivity index (χ0v) is 10.8. The standard InChI is InChI=1S/C13H16FN3O2/c1-16-11-7-9(17-4-2-15-3-5-17)6-10(14)13(11)19-8-12(16)18/h6-7,15H,2-5,8H2,1H3. The van der Waals surface area contributed by atoms with Crippen molar-refractivity contribution in [3.63, 3.8) is 0 Å². The molecule has 1 amide bonds. The van der Waals surface area contributed by atoms with Gasteiger partial charge in [-0.1, -0.05) is 0 Å². The Morgan fingerprint density at radius 2 is 2.05 bits per heavy atom. The molecule has 1 fully saturated rings. The molecule has 0 saturated carbocycles. The van der Waals surface area contributed by atoms with Gasteiger partial charge in [-0.15, -0.1) is 0 Å². The smallest absolute Gasteiger partial charge is 0.264 e. The minimum atomic E-state index is -0.412. The van der Waals surface area contributed by atoms with Crippen molar-refractivity contribution in [3.8, 4) is 5.75 Å². The van der Waals surface area contributed by atoms with Crippen molar-refractivity contribution in [2.24, 2.45) is 0 Å². The number of hydrogen-bond acceptors (Lipinski definition) is 4. The van der Waals surface area contributed by atoms with Crippen LogP contribution >= 0.6 is 0 Å². The molecule has 1 N–H and O–H groups in total. The van der Waals surface area contributed by atoms with Crippen LogP contribution in [0.4, 0.5) is 15.8 Å². The number of fused-ring (bicyclic) bond motifs is 1. The van der Waals surface area contributed by atoms with Crippen LogP contribution in [0.25, 0.3) is 0 Å². The molecule has 0 spiro atoms. The lowest BCUT2D eigenvalue weighted by Crippen LogP contribution is -2.43. The summed E-state index contributed by atoms with van der Waals surface area (Å²) in [7, 11) is 1.64. The molecule has 2 heterocycles. The third-order valence-corrected chi connectivity index (χ3v) is 3.57. The summed E-state index contributed by atoms with van der Waals surface area (Å²) in [5, 5.41) is 3.25. The van der Waals surface area contributed by atoms with Gasteiger partial charge in [0.2, 0.25) is 0 Å². The number of benzene rings is 1. The lowest BCUT2D eigenvalue weighted by atomic mass is 10.2. The number of carbonyl (C=O) groups is 1. The highest BCUT2D eigenvalue weighted by molar-refractivity contribution is 5.98. The Kier molecular flexibility index (Phi) is 3.02. The molecule has 102 valence electrons. The maximum Gasteiger partial charge on any atom is 0.264 e. The predicted octanol–water partition coefficient (Wildman–Crippen LogP) is 0.591. The molecule has 19 heavy (non-hydrogen) atoms. The van der Waals surface area contributed by atoms with Crippen LogP contribution in [0.5, 0.6) is 5.75 Å². The van der Waals surface area contributed by atoms with E-state index in [4.69, 9.17) is 4.74 Å². The number of anilines is 2. The molecule has 0 radical (unpaired) electrons. The molecule has 2 aliphatic heterocycles. The molecular weight excluding hydrogens is 249 g/mol. The molecule has 0 atom stereocenters. The van der Waals surface area contributed by atoms with Crippen molar-refractivity contribution in [2.45, 2.75) is 0 Å². The van der Waals surface area contributed by atoms with Gasteiger partial charge in [0.15, 0.2) is 18.2 Å². The van der Waals surface area contributed by atoms with Crippen molar-refractivity contribution >= 4 is 17.3 Å². The molecule has 0 aromatic heterocycles. The van der Waals surface area contributed by atoms with Crippen molar-refractivity contribution in [2.75, 3.05) is 49.6 Å². The molecule has 6 heteroatoms. The summed E-state index contributed by atoms with van der Waals surface area (Å²) < 4.78 is 19.3. The van der Waals surface area contributed by atoms with Crippen LogP contribution in [0, 0.1) is 5.82 Å². The highest BCUT2D eigenvalue weighted by Gasteiger charge is 2.27. The first-order valence-electron chi connectivity index (χ1n) is 6.35. The Labute approximate surface area is 110 Å². The molecular formula is C13H16FN3O2. The van der Waals surface area contributed by atoms with E-state index in [1.54, 1.807) is 7.05 Å². The van der Waals surface area contributed by atoms with E-state index in [2.05, 4.69) is 10.2 Å². The Balaban J connectivity index is 1.99. The van der Waals surface area contributed by atoms with Gasteiger partial charge >= 0.3 is 0 Å². The number of carbonyl (C=O) groups excluding carboxylic acids is 1. The number of halogens is 1. The van der Waals surface area contributed by atoms with E-state index >= 15 is 0 Å². The maximum atomic E-state index is 14.1. The summed E-state index contributed by atoms with van der Waals surface area (Å²) in [6, 6.07) is 3.30. The van der Waals surface area contributed by atoms with Crippen LogP contribution in [-0.2, 0) is 4.79 Å². The van der Waals surface area contributed by atoms with Crippen molar-refractivity contribution < 1.29 is 13.9 Å². The van der Waals surface area contributed by atoms with E-state index in [1.807, 2.05) is 6.07 Å². The van der Waals surface area contributed by atoms with Gasteiger partial charge in [-0.25, -0.2) is 4.39 Å². The lowest BCUT2D eigenvalue weighted by Gasteiger charge is -2.32. The molecule has 2 aliphatic rings. The zero-order chi connectivity index (χ0) is 13.4. The van der Waals surface area contributed by atoms with Gasteiger partial charge in [-0.2, -0.15) is 0 Å². The Morgan fingerprint density at radius 3 is 2.79 bits per heavy atom. The van der Waals surface area contributed by atoms with Crippen molar-refractivity contribution in [1.82, 2.24) is 5.32 Å². The topological polar surface area (TPSA) is 44.8 Å². The van der Waals surface area contributed by atoms with Crippen LogP contribution < -0.4 is 19.9 Å².